The van der Waals surface area contributed by atoms with Crippen molar-refractivity contribution < 1.29 is 13.2 Å². The van der Waals surface area contributed by atoms with E-state index in [9.17, 15) is 13.2 Å². The fourth-order valence-corrected chi connectivity index (χ4v) is 1.77. The minimum Gasteiger partial charge on any atom is -0.338 e. The molecular weight excluding hydrogens is 204 g/mol. The highest BCUT2D eigenvalue weighted by Gasteiger charge is 2.13. The second-order valence-electron chi connectivity index (χ2n) is 3.24. The Balaban J connectivity index is 2.63. The standard InChI is InChI=1S/C8H12N2O3S/c1-10-4-3-9-8(10)5-7(11)6-14(2,12)13/h3-4H,5-6H2,1-2H3. The minimum absolute atomic E-state index is 0.0660. The Hall–Kier alpha value is -1.17. The highest BCUT2D eigenvalue weighted by Crippen LogP contribution is 1.97. The van der Waals surface area contributed by atoms with Crippen molar-refractivity contribution in [3.05, 3.63) is 18.2 Å². The molecule has 1 aromatic heterocycles. The Labute approximate surface area is 82.7 Å². The molecule has 0 bridgehead atoms. The molecule has 1 rings (SSSR count). The van der Waals surface area contributed by atoms with Gasteiger partial charge in [-0.1, -0.05) is 0 Å². The molecule has 78 valence electrons. The van der Waals surface area contributed by atoms with Gasteiger partial charge in [0.05, 0.1) is 6.42 Å². The molecule has 0 saturated heterocycles. The van der Waals surface area contributed by atoms with Gasteiger partial charge in [-0.25, -0.2) is 13.4 Å². The molecule has 0 saturated carbocycles. The zero-order chi connectivity index (χ0) is 10.8. The molecule has 0 atom stereocenters. The normalized spacial score (nSPS) is 11.6. The molecule has 0 radical (unpaired) electrons. The van der Waals surface area contributed by atoms with Crippen LogP contribution in [0.3, 0.4) is 0 Å². The molecule has 0 aliphatic carbocycles. The number of nitrogens with zero attached hydrogens (tertiary/aromatic N) is 2. The van der Waals surface area contributed by atoms with Crippen LogP contribution in [0.25, 0.3) is 0 Å². The van der Waals surface area contributed by atoms with Crippen molar-refractivity contribution in [2.75, 3.05) is 12.0 Å². The Morgan fingerprint density at radius 1 is 1.57 bits per heavy atom. The zero-order valence-electron chi connectivity index (χ0n) is 8.10. The van der Waals surface area contributed by atoms with Crippen LogP contribution in [0.4, 0.5) is 0 Å². The second-order valence-corrected chi connectivity index (χ2v) is 5.38. The maximum atomic E-state index is 11.2. The smallest absolute Gasteiger partial charge is 0.155 e. The Kier molecular flexibility index (Phi) is 3.05. The largest absolute Gasteiger partial charge is 0.338 e. The van der Waals surface area contributed by atoms with E-state index in [4.69, 9.17) is 0 Å². The van der Waals surface area contributed by atoms with Gasteiger partial charge in [-0.05, 0) is 0 Å². The first-order valence-corrected chi connectivity index (χ1v) is 6.10. The van der Waals surface area contributed by atoms with E-state index in [1.807, 2.05) is 0 Å². The average Bonchev–Trinajstić information content (AvgIpc) is 2.32. The van der Waals surface area contributed by atoms with Gasteiger partial charge in [0.2, 0.25) is 0 Å². The Bertz CT molecular complexity index is 433. The molecular formula is C8H12N2O3S. The lowest BCUT2D eigenvalue weighted by molar-refractivity contribution is -0.116. The first kappa shape index (κ1) is 10.9. The molecule has 1 aromatic rings. The number of hydrogen-bond donors (Lipinski definition) is 0. The van der Waals surface area contributed by atoms with Crippen molar-refractivity contribution in [3.8, 4) is 0 Å². The van der Waals surface area contributed by atoms with Crippen LogP contribution >= 0.6 is 0 Å². The van der Waals surface area contributed by atoms with E-state index in [1.54, 1.807) is 24.0 Å². The number of Topliss-reactive ketones (excluding diaryl/α,β-unsaturated/α-hetero) is 1. The number of carbonyl (C=O) groups is 1. The van der Waals surface area contributed by atoms with Gasteiger partial charge in [0.25, 0.3) is 0 Å². The number of aromatic nitrogens is 2. The minimum atomic E-state index is -3.23. The van der Waals surface area contributed by atoms with Crippen LogP contribution in [0.2, 0.25) is 0 Å². The summed E-state index contributed by atoms with van der Waals surface area (Å²) in [7, 11) is -1.47. The summed E-state index contributed by atoms with van der Waals surface area (Å²) in [5.74, 6) is -0.166. The third-order valence-corrected chi connectivity index (χ3v) is 2.55. The molecule has 0 spiro atoms. The summed E-state index contributed by atoms with van der Waals surface area (Å²) in [4.78, 5) is 15.2. The van der Waals surface area contributed by atoms with Crippen LogP contribution in [-0.4, -0.2) is 35.8 Å². The molecule has 0 fully saturated rings. The molecule has 5 nitrogen and oxygen atoms in total. The lowest BCUT2D eigenvalue weighted by atomic mass is 10.3. The van der Waals surface area contributed by atoms with Gasteiger partial charge in [0.1, 0.15) is 11.6 Å². The molecule has 0 N–H and O–H groups in total. The molecule has 0 amide bonds. The lowest BCUT2D eigenvalue weighted by Crippen LogP contribution is -2.18. The van der Waals surface area contributed by atoms with Crippen LogP contribution in [0.5, 0.6) is 0 Å². The van der Waals surface area contributed by atoms with Crippen molar-refractivity contribution >= 4 is 15.6 Å². The number of ketones is 1. The molecule has 1 heterocycles. The van der Waals surface area contributed by atoms with E-state index in [0.29, 0.717) is 5.82 Å². The number of imidazole rings is 1. The fourth-order valence-electron chi connectivity index (χ4n) is 1.09. The van der Waals surface area contributed by atoms with E-state index < -0.39 is 15.6 Å². The SMILES string of the molecule is Cn1ccnc1CC(=O)CS(C)(=O)=O. The van der Waals surface area contributed by atoms with Gasteiger partial charge in [-0.2, -0.15) is 0 Å². The number of carbonyl (C=O) groups excluding carboxylic acids is 1. The summed E-state index contributed by atoms with van der Waals surface area (Å²) in [5, 5.41) is 0. The first-order chi connectivity index (χ1) is 6.38. The Morgan fingerprint density at radius 3 is 2.64 bits per heavy atom. The average molecular weight is 216 g/mol. The summed E-state index contributed by atoms with van der Waals surface area (Å²) in [6.07, 6.45) is 4.39. The molecule has 0 aliphatic rings. The number of rotatable bonds is 4. The maximum Gasteiger partial charge on any atom is 0.155 e. The number of hydrogen-bond acceptors (Lipinski definition) is 4. The predicted octanol–water partition coefficient (Wildman–Crippen LogP) is -0.424. The van der Waals surface area contributed by atoms with Crippen LogP contribution in [0.1, 0.15) is 5.82 Å². The van der Waals surface area contributed by atoms with Gasteiger partial charge >= 0.3 is 0 Å². The van der Waals surface area contributed by atoms with E-state index >= 15 is 0 Å². The quantitative estimate of drug-likeness (QED) is 0.685. The monoisotopic (exact) mass is 216 g/mol. The van der Waals surface area contributed by atoms with E-state index in [1.165, 1.54) is 0 Å². The lowest BCUT2D eigenvalue weighted by Gasteiger charge is -2.00. The van der Waals surface area contributed by atoms with Crippen molar-refractivity contribution in [1.29, 1.82) is 0 Å². The zero-order valence-corrected chi connectivity index (χ0v) is 8.91. The first-order valence-electron chi connectivity index (χ1n) is 4.04. The van der Waals surface area contributed by atoms with Crippen molar-refractivity contribution in [3.63, 3.8) is 0 Å². The van der Waals surface area contributed by atoms with Gasteiger partial charge in [0.15, 0.2) is 15.6 Å². The van der Waals surface area contributed by atoms with E-state index in [2.05, 4.69) is 4.98 Å². The van der Waals surface area contributed by atoms with E-state index in [-0.39, 0.29) is 12.2 Å². The second kappa shape index (κ2) is 3.91. The van der Waals surface area contributed by atoms with Gasteiger partial charge in [0, 0.05) is 25.7 Å². The van der Waals surface area contributed by atoms with Crippen LogP contribution < -0.4 is 0 Å². The van der Waals surface area contributed by atoms with Gasteiger partial charge in [-0.3, -0.25) is 4.79 Å². The summed E-state index contributed by atoms with van der Waals surface area (Å²) < 4.78 is 23.3. The summed E-state index contributed by atoms with van der Waals surface area (Å²) in [5.41, 5.74) is 0. The van der Waals surface area contributed by atoms with Gasteiger partial charge < -0.3 is 4.57 Å². The third-order valence-electron chi connectivity index (χ3n) is 1.70. The summed E-state index contributed by atoms with van der Waals surface area (Å²) >= 11 is 0. The van der Waals surface area contributed by atoms with Crippen molar-refractivity contribution in [1.82, 2.24) is 9.55 Å². The molecule has 14 heavy (non-hydrogen) atoms. The molecule has 0 unspecified atom stereocenters. The topological polar surface area (TPSA) is 69.0 Å². The van der Waals surface area contributed by atoms with Crippen LogP contribution in [-0.2, 0) is 28.1 Å². The highest BCUT2D eigenvalue weighted by molar-refractivity contribution is 7.91. The van der Waals surface area contributed by atoms with Crippen LogP contribution in [0, 0.1) is 0 Å². The molecule has 0 aliphatic heterocycles. The highest BCUT2D eigenvalue weighted by atomic mass is 32.2. The number of sulfone groups is 1. The number of aryl methyl sites for hydroxylation is 1. The summed E-state index contributed by atoms with van der Waals surface area (Å²) in [6.45, 7) is 0. The Morgan fingerprint density at radius 2 is 2.21 bits per heavy atom. The molecule has 0 aromatic carbocycles. The predicted molar refractivity (Wildman–Crippen MR) is 51.6 cm³/mol. The van der Waals surface area contributed by atoms with E-state index in [0.717, 1.165) is 6.26 Å². The maximum absolute atomic E-state index is 11.2. The van der Waals surface area contributed by atoms with Crippen LogP contribution in [0.15, 0.2) is 12.4 Å². The summed E-state index contributed by atoms with van der Waals surface area (Å²) in [6, 6.07) is 0. The van der Waals surface area contributed by atoms with Crippen molar-refractivity contribution in [2.45, 2.75) is 6.42 Å². The fraction of sp³-hybridized carbons (Fsp3) is 0.500. The molecule has 6 heteroatoms. The van der Waals surface area contributed by atoms with Crippen molar-refractivity contribution in [2.24, 2.45) is 7.05 Å². The van der Waals surface area contributed by atoms with Gasteiger partial charge in [-0.15, -0.1) is 0 Å². The third kappa shape index (κ3) is 3.29.